The van der Waals surface area contributed by atoms with Gasteiger partial charge >= 0.3 is 0 Å². The van der Waals surface area contributed by atoms with Gasteiger partial charge in [0.15, 0.2) is 0 Å². The molecule has 0 aliphatic carbocycles. The van der Waals surface area contributed by atoms with Crippen LogP contribution >= 0.6 is 12.2 Å². The lowest BCUT2D eigenvalue weighted by atomic mass is 9.92. The van der Waals surface area contributed by atoms with Crippen LogP contribution in [0, 0.1) is 12.3 Å². The molecule has 0 unspecified atom stereocenters. The minimum atomic E-state index is -0.564. The van der Waals surface area contributed by atoms with E-state index in [9.17, 15) is 4.79 Å². The van der Waals surface area contributed by atoms with Crippen molar-refractivity contribution in [1.29, 1.82) is 0 Å². The van der Waals surface area contributed by atoms with E-state index in [4.69, 9.17) is 18.0 Å². The predicted octanol–water partition coefficient (Wildman–Crippen LogP) is 0.603. The van der Waals surface area contributed by atoms with Crippen LogP contribution in [-0.4, -0.2) is 34.5 Å². The zero-order chi connectivity index (χ0) is 14.6. The molecule has 0 bridgehead atoms. The molecule has 0 atom stereocenters. The lowest BCUT2D eigenvalue weighted by Gasteiger charge is -2.22. The summed E-state index contributed by atoms with van der Waals surface area (Å²) < 4.78 is 0. The maximum Gasteiger partial charge on any atom is 0.227 e. The number of carbonyl (C=O) groups excluding carboxylic acids is 1. The third-order valence-electron chi connectivity index (χ3n) is 2.64. The Morgan fingerprint density at radius 2 is 2.11 bits per heavy atom. The van der Waals surface area contributed by atoms with Crippen molar-refractivity contribution in [3.63, 3.8) is 0 Å². The van der Waals surface area contributed by atoms with Gasteiger partial charge in [0, 0.05) is 19.3 Å². The molecule has 0 fully saturated rings. The van der Waals surface area contributed by atoms with Gasteiger partial charge in [0.1, 0.15) is 10.7 Å². The Kier molecular flexibility index (Phi) is 4.77. The zero-order valence-corrected chi connectivity index (χ0v) is 12.4. The molecule has 0 saturated heterocycles. The van der Waals surface area contributed by atoms with E-state index in [2.05, 4.69) is 20.6 Å². The van der Waals surface area contributed by atoms with Crippen LogP contribution in [0.4, 0.5) is 5.95 Å². The third kappa shape index (κ3) is 4.13. The van der Waals surface area contributed by atoms with Gasteiger partial charge in [-0.2, -0.15) is 0 Å². The van der Waals surface area contributed by atoms with Crippen LogP contribution in [0.25, 0.3) is 0 Å². The minimum absolute atomic E-state index is 0.0535. The molecule has 0 saturated carbocycles. The fourth-order valence-corrected chi connectivity index (χ4v) is 1.60. The number of hydrogen-bond acceptors (Lipinski definition) is 5. The maximum absolute atomic E-state index is 11.7. The smallest absolute Gasteiger partial charge is 0.227 e. The SMILES string of the molecule is CNC(=O)C(C)(C)CNc1nc(C)cc(C(N)=S)n1. The van der Waals surface area contributed by atoms with Crippen LogP contribution in [0.1, 0.15) is 25.2 Å². The van der Waals surface area contributed by atoms with Crippen LogP contribution in [-0.2, 0) is 4.79 Å². The number of hydrogen-bond donors (Lipinski definition) is 3. The lowest BCUT2D eigenvalue weighted by molar-refractivity contribution is -0.128. The highest BCUT2D eigenvalue weighted by Crippen LogP contribution is 2.16. The Balaban J connectivity index is 2.83. The van der Waals surface area contributed by atoms with Crippen molar-refractivity contribution in [1.82, 2.24) is 15.3 Å². The minimum Gasteiger partial charge on any atom is -0.388 e. The lowest BCUT2D eigenvalue weighted by Crippen LogP contribution is -2.39. The standard InChI is InChI=1S/C12H19N5OS/c1-7-5-8(9(13)19)17-11(16-7)15-6-12(2,3)10(18)14-4/h5H,6H2,1-4H3,(H2,13,19)(H,14,18)(H,15,16,17). The van der Waals surface area contributed by atoms with Crippen molar-refractivity contribution in [3.8, 4) is 0 Å². The number of nitrogens with two attached hydrogens (primary N) is 1. The summed E-state index contributed by atoms with van der Waals surface area (Å²) in [6.07, 6.45) is 0. The highest BCUT2D eigenvalue weighted by atomic mass is 32.1. The number of thiocarbonyl (C=S) groups is 1. The predicted molar refractivity (Wildman–Crippen MR) is 79.0 cm³/mol. The Morgan fingerprint density at radius 3 is 2.63 bits per heavy atom. The molecule has 0 aromatic carbocycles. The van der Waals surface area contributed by atoms with Gasteiger partial charge in [-0.1, -0.05) is 12.2 Å². The van der Waals surface area contributed by atoms with E-state index in [0.29, 0.717) is 18.2 Å². The van der Waals surface area contributed by atoms with E-state index >= 15 is 0 Å². The molecule has 6 nitrogen and oxygen atoms in total. The van der Waals surface area contributed by atoms with E-state index < -0.39 is 5.41 Å². The van der Waals surface area contributed by atoms with E-state index in [1.165, 1.54) is 0 Å². The van der Waals surface area contributed by atoms with Crippen LogP contribution in [0.15, 0.2) is 6.07 Å². The number of carbonyl (C=O) groups is 1. The van der Waals surface area contributed by atoms with Crippen molar-refractivity contribution in [2.45, 2.75) is 20.8 Å². The summed E-state index contributed by atoms with van der Waals surface area (Å²) in [5.41, 5.74) is 6.27. The summed E-state index contributed by atoms with van der Waals surface area (Å²) >= 11 is 4.89. The molecule has 19 heavy (non-hydrogen) atoms. The van der Waals surface area contributed by atoms with E-state index in [1.807, 2.05) is 20.8 Å². The van der Waals surface area contributed by atoms with Crippen LogP contribution < -0.4 is 16.4 Å². The number of aryl methyl sites for hydroxylation is 1. The second-order valence-corrected chi connectivity index (χ2v) is 5.34. The Bertz CT molecular complexity index is 501. The molecule has 1 aromatic rings. The van der Waals surface area contributed by atoms with Crippen molar-refractivity contribution in [3.05, 3.63) is 17.5 Å². The molecule has 1 rings (SSSR count). The molecule has 0 radical (unpaired) electrons. The number of nitrogens with zero attached hydrogens (tertiary/aromatic N) is 2. The quantitative estimate of drug-likeness (QED) is 0.685. The second kappa shape index (κ2) is 5.92. The number of rotatable bonds is 5. The van der Waals surface area contributed by atoms with E-state index in [0.717, 1.165) is 5.69 Å². The molecule has 104 valence electrons. The van der Waals surface area contributed by atoms with Crippen molar-refractivity contribution >= 4 is 29.1 Å². The molecule has 0 aliphatic rings. The Hall–Kier alpha value is -1.76. The molecule has 1 heterocycles. The molecular formula is C12H19N5OS. The number of nitrogens with one attached hydrogen (secondary N) is 2. The summed E-state index contributed by atoms with van der Waals surface area (Å²) in [6, 6.07) is 1.72. The van der Waals surface area contributed by atoms with Gasteiger partial charge < -0.3 is 16.4 Å². The average molecular weight is 281 g/mol. The molecule has 7 heteroatoms. The molecule has 0 aliphatic heterocycles. The number of amides is 1. The maximum atomic E-state index is 11.7. The summed E-state index contributed by atoms with van der Waals surface area (Å²) in [5.74, 6) is 0.363. The first-order chi connectivity index (χ1) is 8.76. The van der Waals surface area contributed by atoms with Gasteiger partial charge in [-0.25, -0.2) is 9.97 Å². The first-order valence-electron chi connectivity index (χ1n) is 5.88. The van der Waals surface area contributed by atoms with Crippen LogP contribution in [0.3, 0.4) is 0 Å². The first kappa shape index (κ1) is 15.3. The molecule has 1 amide bonds. The summed E-state index contributed by atoms with van der Waals surface area (Å²) in [7, 11) is 1.61. The Labute approximate surface area is 118 Å². The summed E-state index contributed by atoms with van der Waals surface area (Å²) in [6.45, 7) is 5.91. The van der Waals surface area contributed by atoms with Gasteiger partial charge in [0.25, 0.3) is 0 Å². The van der Waals surface area contributed by atoms with Crippen LogP contribution in [0.5, 0.6) is 0 Å². The topological polar surface area (TPSA) is 92.9 Å². The highest BCUT2D eigenvalue weighted by molar-refractivity contribution is 7.80. The number of aromatic nitrogens is 2. The molecular weight excluding hydrogens is 262 g/mol. The van der Waals surface area contributed by atoms with Gasteiger partial charge in [0.05, 0.1) is 5.41 Å². The van der Waals surface area contributed by atoms with Gasteiger partial charge in [-0.15, -0.1) is 0 Å². The Morgan fingerprint density at radius 1 is 1.47 bits per heavy atom. The van der Waals surface area contributed by atoms with Gasteiger partial charge in [-0.05, 0) is 26.8 Å². The van der Waals surface area contributed by atoms with Gasteiger partial charge in [-0.3, -0.25) is 4.79 Å². The summed E-state index contributed by atoms with van der Waals surface area (Å²) in [4.78, 5) is 20.3. The van der Waals surface area contributed by atoms with E-state index in [-0.39, 0.29) is 10.9 Å². The largest absolute Gasteiger partial charge is 0.388 e. The second-order valence-electron chi connectivity index (χ2n) is 4.90. The van der Waals surface area contributed by atoms with Crippen molar-refractivity contribution < 1.29 is 4.79 Å². The van der Waals surface area contributed by atoms with Crippen molar-refractivity contribution in [2.24, 2.45) is 11.1 Å². The zero-order valence-electron chi connectivity index (χ0n) is 11.6. The normalized spacial score (nSPS) is 10.9. The van der Waals surface area contributed by atoms with E-state index in [1.54, 1.807) is 13.1 Å². The highest BCUT2D eigenvalue weighted by Gasteiger charge is 2.26. The molecule has 1 aromatic heterocycles. The fraction of sp³-hybridized carbons (Fsp3) is 0.500. The van der Waals surface area contributed by atoms with Crippen molar-refractivity contribution in [2.75, 3.05) is 18.9 Å². The average Bonchev–Trinajstić information content (AvgIpc) is 2.34. The number of anilines is 1. The first-order valence-corrected chi connectivity index (χ1v) is 6.28. The fourth-order valence-electron chi connectivity index (χ4n) is 1.49. The molecule has 4 N–H and O–H groups in total. The van der Waals surface area contributed by atoms with Gasteiger partial charge in [0.2, 0.25) is 11.9 Å². The third-order valence-corrected chi connectivity index (χ3v) is 2.85. The molecule has 0 spiro atoms. The van der Waals surface area contributed by atoms with Crippen LogP contribution in [0.2, 0.25) is 0 Å². The summed E-state index contributed by atoms with van der Waals surface area (Å²) in [5, 5.41) is 5.66. The monoisotopic (exact) mass is 281 g/mol.